The van der Waals surface area contributed by atoms with Crippen molar-refractivity contribution in [3.8, 4) is 23.0 Å². The number of ether oxygens (including phenoxy) is 2. The van der Waals surface area contributed by atoms with E-state index in [1.165, 1.54) is 32.4 Å². The lowest BCUT2D eigenvalue weighted by molar-refractivity contribution is 0.182. The standard InChI is InChI=1S/C29H33NO4S/c1-2-20-18-24(32)19-26-28(20)35-29(22-6-10-23(31)11-7-22)27(34-26)21-8-12-25(13-9-21)33-17-16-30-14-4-3-5-15-30/h6-13,18-19,27,29,31-32H,2-5,14-17H2,1H3/t27-,29+/m1/s1. The molecule has 184 valence electrons. The molecular weight excluding hydrogens is 458 g/mol. The molecule has 2 aliphatic heterocycles. The molecule has 2 N–H and O–H groups in total. The second kappa shape index (κ2) is 10.8. The first kappa shape index (κ1) is 23.9. The quantitative estimate of drug-likeness (QED) is 0.394. The highest BCUT2D eigenvalue weighted by molar-refractivity contribution is 7.99. The molecule has 5 nitrogen and oxygen atoms in total. The van der Waals surface area contributed by atoms with Crippen molar-refractivity contribution in [3.63, 3.8) is 0 Å². The van der Waals surface area contributed by atoms with Crippen LogP contribution in [0.3, 0.4) is 0 Å². The number of benzene rings is 3. The number of hydrogen-bond donors (Lipinski definition) is 2. The zero-order valence-corrected chi connectivity index (χ0v) is 21.0. The first-order valence-corrected chi connectivity index (χ1v) is 13.4. The van der Waals surface area contributed by atoms with Crippen molar-refractivity contribution in [3.05, 3.63) is 77.4 Å². The summed E-state index contributed by atoms with van der Waals surface area (Å²) < 4.78 is 12.6. The number of fused-ring (bicyclic) bond motifs is 1. The van der Waals surface area contributed by atoms with E-state index in [1.807, 2.05) is 30.3 Å². The number of piperidine rings is 1. The van der Waals surface area contributed by atoms with Crippen molar-refractivity contribution in [2.45, 2.75) is 48.9 Å². The predicted octanol–water partition coefficient (Wildman–Crippen LogP) is 6.49. The predicted molar refractivity (Wildman–Crippen MR) is 140 cm³/mol. The number of aryl methyl sites for hydroxylation is 1. The van der Waals surface area contributed by atoms with E-state index in [4.69, 9.17) is 9.47 Å². The van der Waals surface area contributed by atoms with Crippen molar-refractivity contribution in [1.29, 1.82) is 0 Å². The monoisotopic (exact) mass is 491 g/mol. The Balaban J connectivity index is 1.36. The Morgan fingerprint density at radius 3 is 2.34 bits per heavy atom. The first-order chi connectivity index (χ1) is 17.1. The molecule has 0 spiro atoms. The fourth-order valence-electron chi connectivity index (χ4n) is 4.89. The Labute approximate surface area is 211 Å². The van der Waals surface area contributed by atoms with Gasteiger partial charge in [-0.2, -0.15) is 0 Å². The average molecular weight is 492 g/mol. The molecule has 2 heterocycles. The van der Waals surface area contributed by atoms with Gasteiger partial charge in [0.1, 0.15) is 35.7 Å². The summed E-state index contributed by atoms with van der Waals surface area (Å²) in [6.07, 6.45) is 4.48. The molecule has 0 saturated carbocycles. The largest absolute Gasteiger partial charge is 0.508 e. The number of aromatic hydroxyl groups is 2. The molecule has 1 saturated heterocycles. The van der Waals surface area contributed by atoms with Crippen LogP contribution in [0.2, 0.25) is 0 Å². The van der Waals surface area contributed by atoms with Crippen LogP contribution in [0.25, 0.3) is 0 Å². The number of rotatable bonds is 7. The molecule has 35 heavy (non-hydrogen) atoms. The minimum atomic E-state index is -0.244. The molecule has 6 heteroatoms. The number of nitrogens with zero attached hydrogens (tertiary/aromatic N) is 1. The smallest absolute Gasteiger partial charge is 0.140 e. The topological polar surface area (TPSA) is 62.2 Å². The third-order valence-corrected chi connectivity index (χ3v) is 8.30. The average Bonchev–Trinajstić information content (AvgIpc) is 2.89. The minimum Gasteiger partial charge on any atom is -0.508 e. The van der Waals surface area contributed by atoms with Crippen LogP contribution < -0.4 is 9.47 Å². The van der Waals surface area contributed by atoms with Gasteiger partial charge in [0.2, 0.25) is 0 Å². The molecule has 3 aromatic rings. The van der Waals surface area contributed by atoms with Crippen LogP contribution in [-0.2, 0) is 6.42 Å². The van der Waals surface area contributed by atoms with Crippen LogP contribution in [0.4, 0.5) is 0 Å². The van der Waals surface area contributed by atoms with Crippen LogP contribution in [-0.4, -0.2) is 41.4 Å². The van der Waals surface area contributed by atoms with Gasteiger partial charge in [-0.15, -0.1) is 11.8 Å². The highest BCUT2D eigenvalue weighted by Crippen LogP contribution is 2.55. The van der Waals surface area contributed by atoms with Gasteiger partial charge in [0.15, 0.2) is 0 Å². The zero-order chi connectivity index (χ0) is 24.2. The molecule has 1 fully saturated rings. The summed E-state index contributed by atoms with van der Waals surface area (Å²) in [5, 5.41) is 20.1. The Bertz CT molecular complexity index is 1130. The van der Waals surface area contributed by atoms with E-state index >= 15 is 0 Å². The van der Waals surface area contributed by atoms with Crippen LogP contribution in [0, 0.1) is 0 Å². The lowest BCUT2D eigenvalue weighted by Gasteiger charge is -2.35. The summed E-state index contributed by atoms with van der Waals surface area (Å²) in [6, 6.07) is 19.1. The van der Waals surface area contributed by atoms with Gasteiger partial charge >= 0.3 is 0 Å². The fourth-order valence-corrected chi connectivity index (χ4v) is 6.36. The third-order valence-electron chi connectivity index (χ3n) is 6.83. The number of hydrogen-bond acceptors (Lipinski definition) is 6. The summed E-state index contributed by atoms with van der Waals surface area (Å²) in [4.78, 5) is 3.54. The molecule has 5 rings (SSSR count). The van der Waals surface area contributed by atoms with E-state index in [-0.39, 0.29) is 22.9 Å². The fraction of sp³-hybridized carbons (Fsp3) is 0.379. The van der Waals surface area contributed by atoms with Gasteiger partial charge < -0.3 is 19.7 Å². The number of phenols is 2. The van der Waals surface area contributed by atoms with Crippen molar-refractivity contribution in [1.82, 2.24) is 4.90 Å². The Kier molecular flexibility index (Phi) is 7.40. The Morgan fingerprint density at radius 1 is 0.914 bits per heavy atom. The lowest BCUT2D eigenvalue weighted by Crippen LogP contribution is -2.33. The number of likely N-dealkylation sites (tertiary alicyclic amines) is 1. The van der Waals surface area contributed by atoms with Crippen molar-refractivity contribution < 1.29 is 19.7 Å². The maximum Gasteiger partial charge on any atom is 0.140 e. The Morgan fingerprint density at radius 2 is 1.63 bits per heavy atom. The van der Waals surface area contributed by atoms with Gasteiger partial charge in [0.05, 0.1) is 10.1 Å². The van der Waals surface area contributed by atoms with E-state index in [1.54, 1.807) is 30.0 Å². The maximum atomic E-state index is 10.2. The second-order valence-electron chi connectivity index (χ2n) is 9.27. The molecule has 2 aliphatic rings. The maximum absolute atomic E-state index is 10.2. The molecule has 0 amide bonds. The van der Waals surface area contributed by atoms with Gasteiger partial charge in [0.25, 0.3) is 0 Å². The van der Waals surface area contributed by atoms with E-state index in [9.17, 15) is 10.2 Å². The molecule has 0 unspecified atom stereocenters. The van der Waals surface area contributed by atoms with E-state index in [0.29, 0.717) is 12.4 Å². The second-order valence-corrected chi connectivity index (χ2v) is 10.4. The van der Waals surface area contributed by atoms with Gasteiger partial charge in [-0.3, -0.25) is 4.90 Å². The van der Waals surface area contributed by atoms with Crippen LogP contribution >= 0.6 is 11.8 Å². The van der Waals surface area contributed by atoms with E-state index in [0.717, 1.165) is 40.3 Å². The van der Waals surface area contributed by atoms with E-state index < -0.39 is 0 Å². The van der Waals surface area contributed by atoms with Gasteiger partial charge in [-0.25, -0.2) is 0 Å². The molecule has 2 atom stereocenters. The molecule has 0 aromatic heterocycles. The van der Waals surface area contributed by atoms with Crippen LogP contribution in [0.5, 0.6) is 23.0 Å². The van der Waals surface area contributed by atoms with Gasteiger partial charge in [-0.1, -0.05) is 37.6 Å². The molecule has 0 aliphatic carbocycles. The molecule has 0 radical (unpaired) electrons. The zero-order valence-electron chi connectivity index (χ0n) is 20.2. The minimum absolute atomic E-state index is 0.00353. The molecule has 0 bridgehead atoms. The summed E-state index contributed by atoms with van der Waals surface area (Å²) in [5.74, 6) is 2.05. The van der Waals surface area contributed by atoms with Crippen LogP contribution in [0.15, 0.2) is 65.6 Å². The summed E-state index contributed by atoms with van der Waals surface area (Å²) in [6.45, 7) is 6.09. The molecule has 3 aromatic carbocycles. The van der Waals surface area contributed by atoms with Gasteiger partial charge in [0, 0.05) is 12.6 Å². The summed E-state index contributed by atoms with van der Waals surface area (Å²) in [7, 11) is 0. The van der Waals surface area contributed by atoms with E-state index in [2.05, 4.69) is 24.0 Å². The Hall–Kier alpha value is -2.83. The molecular formula is C29H33NO4S. The summed E-state index contributed by atoms with van der Waals surface area (Å²) >= 11 is 1.76. The first-order valence-electron chi connectivity index (χ1n) is 12.5. The third kappa shape index (κ3) is 5.54. The normalized spacial score (nSPS) is 20.1. The summed E-state index contributed by atoms with van der Waals surface area (Å²) in [5.41, 5.74) is 3.20. The van der Waals surface area contributed by atoms with Crippen LogP contribution in [0.1, 0.15) is 54.2 Å². The number of thioether (sulfide) groups is 1. The van der Waals surface area contributed by atoms with Gasteiger partial charge in [-0.05, 0) is 79.4 Å². The lowest BCUT2D eigenvalue weighted by atomic mass is 9.99. The SMILES string of the molecule is CCc1cc(O)cc2c1S[C@@H](c1ccc(O)cc1)[C@@H](c1ccc(OCCN3CCCCC3)cc1)O2. The van der Waals surface area contributed by atoms with Crippen molar-refractivity contribution >= 4 is 11.8 Å². The number of phenolic OH excluding ortho intramolecular Hbond substituents is 2. The highest BCUT2D eigenvalue weighted by Gasteiger charge is 2.35. The highest BCUT2D eigenvalue weighted by atomic mass is 32.2. The van der Waals surface area contributed by atoms with Crippen molar-refractivity contribution in [2.75, 3.05) is 26.2 Å². The van der Waals surface area contributed by atoms with Crippen molar-refractivity contribution in [2.24, 2.45) is 0 Å².